The molecule has 1 N–H and O–H groups in total. The first-order valence-electron chi connectivity index (χ1n) is 9.28. The molecule has 2 aliphatic rings. The van der Waals surface area contributed by atoms with E-state index in [9.17, 15) is 9.59 Å². The van der Waals surface area contributed by atoms with E-state index in [1.807, 2.05) is 47.9 Å². The number of ether oxygens (including phenoxy) is 1. The fourth-order valence-corrected chi connectivity index (χ4v) is 3.37. The van der Waals surface area contributed by atoms with Gasteiger partial charge < -0.3 is 19.9 Å². The number of aryl methyl sites for hydroxylation is 1. The number of morpholine rings is 1. The van der Waals surface area contributed by atoms with Crippen molar-refractivity contribution in [1.82, 2.24) is 14.7 Å². The molecule has 3 amide bonds. The summed E-state index contributed by atoms with van der Waals surface area (Å²) in [5.41, 5.74) is 1.90. The molecule has 7 nitrogen and oxygen atoms in total. The maximum absolute atomic E-state index is 12.6. The van der Waals surface area contributed by atoms with Crippen LogP contribution in [-0.4, -0.2) is 85.2 Å². The van der Waals surface area contributed by atoms with Crippen LogP contribution in [-0.2, 0) is 9.53 Å². The first-order valence-corrected chi connectivity index (χ1v) is 9.28. The summed E-state index contributed by atoms with van der Waals surface area (Å²) in [5, 5.41) is 3.01. The van der Waals surface area contributed by atoms with Crippen LogP contribution in [0.3, 0.4) is 0 Å². The first-order chi connectivity index (χ1) is 12.6. The third kappa shape index (κ3) is 4.34. The van der Waals surface area contributed by atoms with Crippen LogP contribution < -0.4 is 5.32 Å². The Morgan fingerprint density at radius 3 is 2.27 bits per heavy atom. The summed E-state index contributed by atoms with van der Waals surface area (Å²) in [4.78, 5) is 31.0. The van der Waals surface area contributed by atoms with Crippen molar-refractivity contribution in [3.8, 4) is 0 Å². The zero-order valence-corrected chi connectivity index (χ0v) is 15.6. The van der Waals surface area contributed by atoms with Crippen molar-refractivity contribution in [3.63, 3.8) is 0 Å². The Bertz CT molecular complexity index is 637. The molecule has 1 unspecified atom stereocenters. The molecule has 1 aromatic carbocycles. The predicted octanol–water partition coefficient (Wildman–Crippen LogP) is 1.39. The molecule has 26 heavy (non-hydrogen) atoms. The molecule has 0 aliphatic carbocycles. The lowest BCUT2D eigenvalue weighted by Gasteiger charge is -2.40. The van der Waals surface area contributed by atoms with Gasteiger partial charge >= 0.3 is 6.03 Å². The van der Waals surface area contributed by atoms with E-state index in [1.165, 1.54) is 0 Å². The molecule has 3 rings (SSSR count). The summed E-state index contributed by atoms with van der Waals surface area (Å²) in [7, 11) is 0. The van der Waals surface area contributed by atoms with Gasteiger partial charge in [-0.1, -0.05) is 18.2 Å². The van der Waals surface area contributed by atoms with E-state index in [2.05, 4.69) is 10.2 Å². The molecule has 1 aromatic rings. The van der Waals surface area contributed by atoms with E-state index in [4.69, 9.17) is 4.74 Å². The van der Waals surface area contributed by atoms with Crippen molar-refractivity contribution >= 4 is 17.6 Å². The quantitative estimate of drug-likeness (QED) is 0.885. The molecule has 1 atom stereocenters. The second-order valence-electron chi connectivity index (χ2n) is 6.89. The molecule has 0 spiro atoms. The number of nitrogens with one attached hydrogen (secondary N) is 1. The molecule has 2 saturated heterocycles. The summed E-state index contributed by atoms with van der Waals surface area (Å²) in [6.07, 6.45) is 0. The van der Waals surface area contributed by atoms with Crippen LogP contribution in [0.4, 0.5) is 10.5 Å². The highest BCUT2D eigenvalue weighted by Crippen LogP contribution is 2.15. The second-order valence-corrected chi connectivity index (χ2v) is 6.89. The Kier molecular flexibility index (Phi) is 6.11. The van der Waals surface area contributed by atoms with Gasteiger partial charge in [-0.15, -0.1) is 0 Å². The summed E-state index contributed by atoms with van der Waals surface area (Å²) in [6, 6.07) is 7.64. The Morgan fingerprint density at radius 2 is 1.62 bits per heavy atom. The van der Waals surface area contributed by atoms with Gasteiger partial charge in [-0.25, -0.2) is 4.79 Å². The van der Waals surface area contributed by atoms with Crippen molar-refractivity contribution in [1.29, 1.82) is 0 Å². The van der Waals surface area contributed by atoms with Crippen LogP contribution in [0.25, 0.3) is 0 Å². The number of piperazine rings is 1. The Morgan fingerprint density at radius 1 is 1.00 bits per heavy atom. The van der Waals surface area contributed by atoms with Gasteiger partial charge in [0.05, 0.1) is 19.3 Å². The summed E-state index contributed by atoms with van der Waals surface area (Å²) in [5.74, 6) is -0.00717. The molecule has 0 bridgehead atoms. The molecular weight excluding hydrogens is 332 g/mol. The minimum absolute atomic E-state index is 0.00717. The van der Waals surface area contributed by atoms with Gasteiger partial charge in [-0.2, -0.15) is 0 Å². The second kappa shape index (κ2) is 8.51. The van der Waals surface area contributed by atoms with Crippen LogP contribution >= 0.6 is 0 Å². The number of hydrogen-bond donors (Lipinski definition) is 1. The Hall–Kier alpha value is -2.12. The number of amides is 3. The van der Waals surface area contributed by atoms with E-state index in [0.29, 0.717) is 52.5 Å². The minimum atomic E-state index is -0.227. The maximum Gasteiger partial charge on any atom is 0.320 e. The highest BCUT2D eigenvalue weighted by molar-refractivity contribution is 5.95. The number of hydrogen-bond acceptors (Lipinski definition) is 4. The van der Waals surface area contributed by atoms with Gasteiger partial charge in [0.25, 0.3) is 0 Å². The van der Waals surface area contributed by atoms with Crippen LogP contribution in [0, 0.1) is 6.92 Å². The zero-order valence-electron chi connectivity index (χ0n) is 15.6. The van der Waals surface area contributed by atoms with E-state index >= 15 is 0 Å². The van der Waals surface area contributed by atoms with Crippen LogP contribution in [0.5, 0.6) is 0 Å². The molecule has 0 radical (unpaired) electrons. The molecular formula is C19H28N4O3. The number of urea groups is 1. The summed E-state index contributed by atoms with van der Waals surface area (Å²) >= 11 is 0. The lowest BCUT2D eigenvalue weighted by Crippen LogP contribution is -2.57. The lowest BCUT2D eigenvalue weighted by molar-refractivity contribution is -0.121. The minimum Gasteiger partial charge on any atom is -0.378 e. The molecule has 2 heterocycles. The standard InChI is InChI=1S/C19H28N4O3/c1-15-5-3-4-6-17(15)20-18(24)16(2)21-7-9-22(10-8-21)19(25)23-11-13-26-14-12-23/h3-6,16H,7-14H2,1-2H3,(H,20,24). The topological polar surface area (TPSA) is 65.1 Å². The van der Waals surface area contributed by atoms with Gasteiger partial charge in [-0.3, -0.25) is 9.69 Å². The Balaban J connectivity index is 1.50. The summed E-state index contributed by atoms with van der Waals surface area (Å²) in [6.45, 7) is 9.17. The molecule has 142 valence electrons. The van der Waals surface area contributed by atoms with Crippen LogP contribution in [0.2, 0.25) is 0 Å². The van der Waals surface area contributed by atoms with E-state index in [-0.39, 0.29) is 18.0 Å². The van der Waals surface area contributed by atoms with E-state index in [0.717, 1.165) is 11.3 Å². The smallest absolute Gasteiger partial charge is 0.320 e. The molecule has 2 aliphatic heterocycles. The van der Waals surface area contributed by atoms with Gasteiger partial charge in [-0.05, 0) is 25.5 Å². The number of carbonyl (C=O) groups excluding carboxylic acids is 2. The Labute approximate surface area is 154 Å². The predicted molar refractivity (Wildman–Crippen MR) is 100 cm³/mol. The molecule has 7 heteroatoms. The average Bonchev–Trinajstić information content (AvgIpc) is 2.69. The van der Waals surface area contributed by atoms with Gasteiger partial charge in [0.15, 0.2) is 0 Å². The maximum atomic E-state index is 12.6. The number of benzene rings is 1. The van der Waals surface area contributed by atoms with Crippen LogP contribution in [0.1, 0.15) is 12.5 Å². The highest BCUT2D eigenvalue weighted by Gasteiger charge is 2.30. The summed E-state index contributed by atoms with van der Waals surface area (Å²) < 4.78 is 5.30. The van der Waals surface area contributed by atoms with E-state index in [1.54, 1.807) is 0 Å². The van der Waals surface area contributed by atoms with Crippen molar-refractivity contribution in [2.75, 3.05) is 57.8 Å². The number of anilines is 1. The SMILES string of the molecule is Cc1ccccc1NC(=O)C(C)N1CCN(C(=O)N2CCOCC2)CC1. The number of carbonyl (C=O) groups is 2. The van der Waals surface area contributed by atoms with Crippen molar-refractivity contribution < 1.29 is 14.3 Å². The largest absolute Gasteiger partial charge is 0.378 e. The van der Waals surface area contributed by atoms with Gasteiger partial charge in [0.2, 0.25) is 5.91 Å². The number of nitrogens with zero attached hydrogens (tertiary/aromatic N) is 3. The molecule has 2 fully saturated rings. The number of para-hydroxylation sites is 1. The molecule has 0 saturated carbocycles. The van der Waals surface area contributed by atoms with E-state index < -0.39 is 0 Å². The van der Waals surface area contributed by atoms with Gasteiger partial charge in [0, 0.05) is 45.0 Å². The van der Waals surface area contributed by atoms with Crippen LogP contribution in [0.15, 0.2) is 24.3 Å². The van der Waals surface area contributed by atoms with Gasteiger partial charge in [0.1, 0.15) is 0 Å². The monoisotopic (exact) mass is 360 g/mol. The fraction of sp³-hybridized carbons (Fsp3) is 0.579. The number of rotatable bonds is 3. The van der Waals surface area contributed by atoms with Crippen molar-refractivity contribution in [2.45, 2.75) is 19.9 Å². The zero-order chi connectivity index (χ0) is 18.5. The lowest BCUT2D eigenvalue weighted by atomic mass is 10.1. The normalized spacial score (nSPS) is 19.9. The van der Waals surface area contributed by atoms with Crippen molar-refractivity contribution in [3.05, 3.63) is 29.8 Å². The third-order valence-corrected chi connectivity index (χ3v) is 5.20. The fourth-order valence-electron chi connectivity index (χ4n) is 3.37. The highest BCUT2D eigenvalue weighted by atomic mass is 16.5. The average molecular weight is 360 g/mol. The molecule has 0 aromatic heterocycles. The van der Waals surface area contributed by atoms with Crippen molar-refractivity contribution in [2.24, 2.45) is 0 Å². The first kappa shape index (κ1) is 18.7. The third-order valence-electron chi connectivity index (χ3n) is 5.20.